The Hall–Kier alpha value is -3.22. The average molecular weight is 324 g/mol. The maximum absolute atomic E-state index is 12.1. The molecule has 0 saturated heterocycles. The van der Waals surface area contributed by atoms with Gasteiger partial charge in [-0.3, -0.25) is 9.36 Å². The Morgan fingerprint density at radius 3 is 2.88 bits per heavy atom. The molecule has 122 valence electrons. The van der Waals surface area contributed by atoms with Crippen LogP contribution in [0.3, 0.4) is 0 Å². The maximum atomic E-state index is 12.1. The number of H-pyrrole nitrogens is 1. The number of carbonyl (C=O) groups excluding carboxylic acids is 1. The van der Waals surface area contributed by atoms with Crippen molar-refractivity contribution in [2.45, 2.75) is 20.0 Å². The molecule has 0 atom stereocenters. The fraction of sp³-hybridized carbons (Fsp3) is 0.176. The molecule has 0 aromatic carbocycles. The second-order valence-corrected chi connectivity index (χ2v) is 5.18. The lowest BCUT2D eigenvalue weighted by atomic mass is 10.2. The summed E-state index contributed by atoms with van der Waals surface area (Å²) in [5.74, 6) is 0.194. The Bertz CT molecular complexity index is 883. The van der Waals surface area contributed by atoms with Crippen LogP contribution in [0, 0.1) is 0 Å². The van der Waals surface area contributed by atoms with Gasteiger partial charge in [0, 0.05) is 35.9 Å². The van der Waals surface area contributed by atoms with E-state index in [2.05, 4.69) is 15.0 Å². The summed E-state index contributed by atoms with van der Waals surface area (Å²) in [6.07, 6.45) is 7.39. The van der Waals surface area contributed by atoms with E-state index in [0.717, 1.165) is 11.4 Å². The van der Waals surface area contributed by atoms with Gasteiger partial charge in [0.25, 0.3) is 0 Å². The lowest BCUT2D eigenvalue weighted by Gasteiger charge is -2.07. The van der Waals surface area contributed by atoms with E-state index in [0.29, 0.717) is 12.1 Å². The number of nitrogens with zero attached hydrogens (tertiary/aromatic N) is 3. The first kappa shape index (κ1) is 15.7. The first-order chi connectivity index (χ1) is 11.7. The lowest BCUT2D eigenvalue weighted by molar-refractivity contribution is 0.0472. The van der Waals surface area contributed by atoms with Gasteiger partial charge in [-0.25, -0.2) is 14.8 Å². The van der Waals surface area contributed by atoms with Crippen LogP contribution in [0.5, 0.6) is 0 Å². The van der Waals surface area contributed by atoms with Gasteiger partial charge in [-0.2, -0.15) is 0 Å². The van der Waals surface area contributed by atoms with E-state index in [-0.39, 0.29) is 17.7 Å². The highest BCUT2D eigenvalue weighted by molar-refractivity contribution is 5.89. The number of ether oxygens (including phenoxy) is 1. The van der Waals surface area contributed by atoms with Crippen molar-refractivity contribution in [3.8, 4) is 5.82 Å². The van der Waals surface area contributed by atoms with Gasteiger partial charge in [-0.1, -0.05) is 13.0 Å². The molecule has 3 aromatic rings. The summed E-state index contributed by atoms with van der Waals surface area (Å²) in [7, 11) is 0. The molecule has 0 amide bonds. The summed E-state index contributed by atoms with van der Waals surface area (Å²) < 4.78 is 7.02. The van der Waals surface area contributed by atoms with Crippen molar-refractivity contribution >= 4 is 5.97 Å². The van der Waals surface area contributed by atoms with Gasteiger partial charge >= 0.3 is 5.97 Å². The zero-order valence-electron chi connectivity index (χ0n) is 13.1. The third-order valence-electron chi connectivity index (χ3n) is 3.46. The summed E-state index contributed by atoms with van der Waals surface area (Å²) in [4.78, 5) is 34.5. The topological polar surface area (TPSA) is 89.9 Å². The van der Waals surface area contributed by atoms with E-state index < -0.39 is 5.97 Å². The molecule has 0 radical (unpaired) electrons. The summed E-state index contributed by atoms with van der Waals surface area (Å²) >= 11 is 0. The number of hydrogen-bond acceptors (Lipinski definition) is 5. The highest BCUT2D eigenvalue weighted by atomic mass is 16.5. The quantitative estimate of drug-likeness (QED) is 0.724. The van der Waals surface area contributed by atoms with Gasteiger partial charge < -0.3 is 9.72 Å². The van der Waals surface area contributed by atoms with Crippen molar-refractivity contribution in [2.24, 2.45) is 0 Å². The molecule has 3 heterocycles. The molecule has 0 aliphatic carbocycles. The predicted octanol–water partition coefficient (Wildman–Crippen LogP) is 1.87. The number of imidazole rings is 1. The van der Waals surface area contributed by atoms with Crippen LogP contribution in [-0.4, -0.2) is 25.5 Å². The van der Waals surface area contributed by atoms with Crippen LogP contribution in [0.1, 0.15) is 28.5 Å². The second kappa shape index (κ2) is 6.91. The van der Waals surface area contributed by atoms with Gasteiger partial charge in [0.05, 0.1) is 5.56 Å². The van der Waals surface area contributed by atoms with Crippen molar-refractivity contribution in [1.29, 1.82) is 0 Å². The predicted molar refractivity (Wildman–Crippen MR) is 86.9 cm³/mol. The van der Waals surface area contributed by atoms with Crippen LogP contribution in [0.15, 0.2) is 54.0 Å². The lowest BCUT2D eigenvalue weighted by Crippen LogP contribution is -2.14. The largest absolute Gasteiger partial charge is 0.457 e. The average Bonchev–Trinajstić information content (AvgIpc) is 3.14. The normalized spacial score (nSPS) is 10.5. The Labute approximate surface area is 138 Å². The second-order valence-electron chi connectivity index (χ2n) is 5.18. The molecule has 7 nitrogen and oxygen atoms in total. The third kappa shape index (κ3) is 3.57. The van der Waals surface area contributed by atoms with Crippen LogP contribution in [-0.2, 0) is 17.8 Å². The number of nitrogens with one attached hydrogen (secondary N) is 1. The summed E-state index contributed by atoms with van der Waals surface area (Å²) in [6.45, 7) is 1.98. The SMILES string of the molecule is CCc1cc(C(=O)OCc2ccc(-n3ccnc3)nc2)cc(=O)[nH]1. The molecule has 0 spiro atoms. The van der Waals surface area contributed by atoms with Crippen LogP contribution < -0.4 is 5.56 Å². The van der Waals surface area contributed by atoms with Crippen molar-refractivity contribution in [2.75, 3.05) is 0 Å². The fourth-order valence-corrected chi connectivity index (χ4v) is 2.19. The molecule has 24 heavy (non-hydrogen) atoms. The van der Waals surface area contributed by atoms with Gasteiger partial charge in [0.2, 0.25) is 5.56 Å². The molecular formula is C17H16N4O3. The zero-order valence-corrected chi connectivity index (χ0v) is 13.1. The van der Waals surface area contributed by atoms with Crippen molar-refractivity contribution in [3.63, 3.8) is 0 Å². The van der Waals surface area contributed by atoms with E-state index in [4.69, 9.17) is 4.74 Å². The van der Waals surface area contributed by atoms with E-state index in [9.17, 15) is 9.59 Å². The van der Waals surface area contributed by atoms with Gasteiger partial charge in [0.1, 0.15) is 18.8 Å². The molecule has 0 aliphatic heterocycles. The number of rotatable bonds is 5. The first-order valence-corrected chi connectivity index (χ1v) is 7.49. The number of aromatic amines is 1. The maximum Gasteiger partial charge on any atom is 0.338 e. The zero-order chi connectivity index (χ0) is 16.9. The van der Waals surface area contributed by atoms with Gasteiger partial charge in [-0.15, -0.1) is 0 Å². The van der Waals surface area contributed by atoms with E-state index in [1.165, 1.54) is 6.07 Å². The van der Waals surface area contributed by atoms with E-state index in [1.807, 2.05) is 19.1 Å². The van der Waals surface area contributed by atoms with Crippen LogP contribution in [0.25, 0.3) is 5.82 Å². The summed E-state index contributed by atoms with van der Waals surface area (Å²) in [5.41, 5.74) is 1.39. The van der Waals surface area contributed by atoms with Crippen LogP contribution in [0.4, 0.5) is 0 Å². The number of pyridine rings is 2. The number of aryl methyl sites for hydroxylation is 1. The molecule has 3 aromatic heterocycles. The molecule has 0 saturated carbocycles. The Kier molecular flexibility index (Phi) is 4.51. The molecule has 0 fully saturated rings. The first-order valence-electron chi connectivity index (χ1n) is 7.49. The number of hydrogen-bond donors (Lipinski definition) is 1. The molecule has 0 bridgehead atoms. The molecule has 1 N–H and O–H groups in total. The Balaban J connectivity index is 1.66. The highest BCUT2D eigenvalue weighted by Gasteiger charge is 2.10. The van der Waals surface area contributed by atoms with Crippen molar-refractivity contribution in [3.05, 3.63) is 76.4 Å². The number of aromatic nitrogens is 4. The van der Waals surface area contributed by atoms with E-state index >= 15 is 0 Å². The van der Waals surface area contributed by atoms with Crippen molar-refractivity contribution < 1.29 is 9.53 Å². The minimum atomic E-state index is -0.533. The molecule has 7 heteroatoms. The number of esters is 1. The number of carbonyl (C=O) groups is 1. The Morgan fingerprint density at radius 1 is 1.33 bits per heavy atom. The van der Waals surface area contributed by atoms with Gasteiger partial charge in [-0.05, 0) is 18.6 Å². The Morgan fingerprint density at radius 2 is 2.21 bits per heavy atom. The smallest absolute Gasteiger partial charge is 0.338 e. The summed E-state index contributed by atoms with van der Waals surface area (Å²) in [5, 5.41) is 0. The highest BCUT2D eigenvalue weighted by Crippen LogP contribution is 2.08. The van der Waals surface area contributed by atoms with Crippen LogP contribution >= 0.6 is 0 Å². The van der Waals surface area contributed by atoms with Gasteiger partial charge in [0.15, 0.2) is 0 Å². The fourth-order valence-electron chi connectivity index (χ4n) is 2.19. The standard InChI is InChI=1S/C17H16N4O3/c1-2-14-7-13(8-16(22)20-14)17(23)24-10-12-3-4-15(19-9-12)21-6-5-18-11-21/h3-9,11H,2,10H2,1H3,(H,20,22). The minimum absolute atomic E-state index is 0.0876. The summed E-state index contributed by atoms with van der Waals surface area (Å²) in [6, 6.07) is 6.50. The van der Waals surface area contributed by atoms with Crippen LogP contribution in [0.2, 0.25) is 0 Å². The van der Waals surface area contributed by atoms with Crippen molar-refractivity contribution in [1.82, 2.24) is 19.5 Å². The third-order valence-corrected chi connectivity index (χ3v) is 3.46. The molecular weight excluding hydrogens is 308 g/mol. The monoisotopic (exact) mass is 324 g/mol. The molecule has 3 rings (SSSR count). The molecule has 0 aliphatic rings. The minimum Gasteiger partial charge on any atom is -0.457 e. The van der Waals surface area contributed by atoms with E-state index in [1.54, 1.807) is 35.6 Å². The molecule has 0 unspecified atom stereocenters.